The van der Waals surface area contributed by atoms with Crippen LogP contribution in [0.4, 0.5) is 0 Å². The molecule has 1 fully saturated rings. The van der Waals surface area contributed by atoms with Crippen molar-refractivity contribution >= 4 is 11.6 Å². The zero-order chi connectivity index (χ0) is 20.9. The summed E-state index contributed by atoms with van der Waals surface area (Å²) in [4.78, 5) is 15.5. The fourth-order valence-electron chi connectivity index (χ4n) is 4.25. The van der Waals surface area contributed by atoms with Crippen LogP contribution >= 0.6 is 0 Å². The fourth-order valence-corrected chi connectivity index (χ4v) is 4.25. The third-order valence-corrected chi connectivity index (χ3v) is 5.93. The number of benzene rings is 2. The molecule has 0 bridgehead atoms. The van der Waals surface area contributed by atoms with Crippen molar-refractivity contribution < 1.29 is 9.53 Å². The Balaban J connectivity index is 1.58. The summed E-state index contributed by atoms with van der Waals surface area (Å²) in [6.45, 7) is 7.15. The maximum atomic E-state index is 13.3. The van der Waals surface area contributed by atoms with Gasteiger partial charge in [-0.25, -0.2) is 5.01 Å². The Bertz CT molecular complexity index is 884. The van der Waals surface area contributed by atoms with Crippen LogP contribution in [0.1, 0.15) is 55.3 Å². The minimum Gasteiger partial charge on any atom is -0.494 e. The molecule has 2 aromatic rings. The topological polar surface area (TPSA) is 45.1 Å². The summed E-state index contributed by atoms with van der Waals surface area (Å²) in [6, 6.07) is 16.4. The Kier molecular flexibility index (Phi) is 6.48. The highest BCUT2D eigenvalue weighted by molar-refractivity contribution is 6.03. The van der Waals surface area contributed by atoms with Crippen LogP contribution in [0.25, 0.3) is 0 Å². The van der Waals surface area contributed by atoms with Gasteiger partial charge in [0.25, 0.3) is 5.91 Å². The summed E-state index contributed by atoms with van der Waals surface area (Å²) in [5.41, 5.74) is 4.38. The average Bonchev–Trinajstić information content (AvgIpc) is 3.21. The van der Waals surface area contributed by atoms with Crippen LogP contribution in [0.3, 0.4) is 0 Å². The summed E-state index contributed by atoms with van der Waals surface area (Å²) in [6.07, 6.45) is 4.34. The van der Waals surface area contributed by atoms with Gasteiger partial charge in [0.2, 0.25) is 0 Å². The van der Waals surface area contributed by atoms with Gasteiger partial charge in [0, 0.05) is 6.42 Å². The van der Waals surface area contributed by atoms with E-state index in [0.717, 1.165) is 42.1 Å². The summed E-state index contributed by atoms with van der Waals surface area (Å²) in [7, 11) is 0. The lowest BCUT2D eigenvalue weighted by Gasteiger charge is -2.29. The normalized spacial score (nSPS) is 19.6. The highest BCUT2D eigenvalue weighted by atomic mass is 16.5. The number of hydrogen-bond donors (Lipinski definition) is 0. The van der Waals surface area contributed by atoms with Gasteiger partial charge in [0.1, 0.15) is 5.75 Å². The Labute approximate surface area is 179 Å². The van der Waals surface area contributed by atoms with Crippen molar-refractivity contribution in [2.75, 3.05) is 26.2 Å². The summed E-state index contributed by atoms with van der Waals surface area (Å²) in [5.74, 6) is 0.933. The standard InChI is InChI=1S/C25H31N3O2/c1-3-30-22-13-11-21(12-14-22)24-17-23(20-9-7-19(2)8-10-20)26-28(24)25(29)18-27-15-5-4-6-16-27/h7-14,24H,3-6,15-18H2,1-2H3. The maximum absolute atomic E-state index is 13.3. The molecule has 0 aromatic heterocycles. The van der Waals surface area contributed by atoms with E-state index in [-0.39, 0.29) is 11.9 Å². The zero-order valence-electron chi connectivity index (χ0n) is 18.0. The van der Waals surface area contributed by atoms with E-state index in [4.69, 9.17) is 9.84 Å². The molecule has 2 aromatic carbocycles. The van der Waals surface area contributed by atoms with E-state index in [1.165, 1.54) is 24.8 Å². The SMILES string of the molecule is CCOc1ccc(C2CC(c3ccc(C)cc3)=NN2C(=O)CN2CCCCC2)cc1. The third kappa shape index (κ3) is 4.73. The lowest BCUT2D eigenvalue weighted by atomic mass is 9.98. The number of piperidine rings is 1. The van der Waals surface area contributed by atoms with Crippen LogP contribution < -0.4 is 4.74 Å². The molecule has 158 valence electrons. The van der Waals surface area contributed by atoms with Crippen molar-refractivity contribution in [2.24, 2.45) is 5.10 Å². The predicted octanol–water partition coefficient (Wildman–Crippen LogP) is 4.56. The molecule has 4 rings (SSSR count). The van der Waals surface area contributed by atoms with Crippen LogP contribution in [0.5, 0.6) is 5.75 Å². The van der Waals surface area contributed by atoms with Crippen molar-refractivity contribution in [1.29, 1.82) is 0 Å². The smallest absolute Gasteiger partial charge is 0.257 e. The molecule has 2 aliphatic rings. The number of rotatable bonds is 6. The first-order valence-corrected chi connectivity index (χ1v) is 11.1. The molecule has 1 saturated heterocycles. The molecule has 5 heteroatoms. The van der Waals surface area contributed by atoms with Gasteiger partial charge < -0.3 is 4.74 Å². The number of hydrogen-bond acceptors (Lipinski definition) is 4. The first kappa shape index (κ1) is 20.6. The van der Waals surface area contributed by atoms with Gasteiger partial charge in [-0.2, -0.15) is 5.10 Å². The van der Waals surface area contributed by atoms with Gasteiger partial charge >= 0.3 is 0 Å². The molecule has 0 N–H and O–H groups in total. The minimum absolute atomic E-state index is 0.0747. The Morgan fingerprint density at radius 3 is 2.40 bits per heavy atom. The third-order valence-electron chi connectivity index (χ3n) is 5.93. The van der Waals surface area contributed by atoms with Crippen LogP contribution in [0, 0.1) is 6.92 Å². The molecule has 0 aliphatic carbocycles. The second-order valence-electron chi connectivity index (χ2n) is 8.21. The van der Waals surface area contributed by atoms with E-state index in [2.05, 4.69) is 48.2 Å². The second kappa shape index (κ2) is 9.43. The number of nitrogens with zero attached hydrogens (tertiary/aromatic N) is 3. The zero-order valence-corrected chi connectivity index (χ0v) is 18.0. The largest absolute Gasteiger partial charge is 0.494 e. The molecule has 1 unspecified atom stereocenters. The highest BCUT2D eigenvalue weighted by Crippen LogP contribution is 2.34. The molecule has 2 aliphatic heterocycles. The van der Waals surface area contributed by atoms with Crippen molar-refractivity contribution in [3.05, 3.63) is 65.2 Å². The molecule has 2 heterocycles. The lowest BCUT2D eigenvalue weighted by Crippen LogP contribution is -2.40. The maximum Gasteiger partial charge on any atom is 0.257 e. The fraction of sp³-hybridized carbons (Fsp3) is 0.440. The van der Waals surface area contributed by atoms with Crippen molar-refractivity contribution in [2.45, 2.75) is 45.6 Å². The van der Waals surface area contributed by atoms with Gasteiger partial charge in [-0.3, -0.25) is 9.69 Å². The molecule has 0 spiro atoms. The van der Waals surface area contributed by atoms with Crippen LogP contribution in [0.2, 0.25) is 0 Å². The number of ether oxygens (including phenoxy) is 1. The molecular formula is C25H31N3O2. The van der Waals surface area contributed by atoms with Gasteiger partial charge in [0.15, 0.2) is 0 Å². The highest BCUT2D eigenvalue weighted by Gasteiger charge is 2.33. The number of carbonyl (C=O) groups excluding carboxylic acids is 1. The first-order chi connectivity index (χ1) is 14.6. The van der Waals surface area contributed by atoms with E-state index >= 15 is 0 Å². The van der Waals surface area contributed by atoms with Gasteiger partial charge in [-0.05, 0) is 63.0 Å². The number of carbonyl (C=O) groups is 1. The first-order valence-electron chi connectivity index (χ1n) is 11.1. The van der Waals surface area contributed by atoms with Crippen molar-refractivity contribution in [3.63, 3.8) is 0 Å². The number of aryl methyl sites for hydroxylation is 1. The lowest BCUT2D eigenvalue weighted by molar-refractivity contribution is -0.134. The van der Waals surface area contributed by atoms with E-state index < -0.39 is 0 Å². The van der Waals surface area contributed by atoms with Gasteiger partial charge in [0.05, 0.1) is 24.9 Å². The van der Waals surface area contributed by atoms with Crippen molar-refractivity contribution in [1.82, 2.24) is 9.91 Å². The summed E-state index contributed by atoms with van der Waals surface area (Å²) >= 11 is 0. The quantitative estimate of drug-likeness (QED) is 0.708. The van der Waals surface area contributed by atoms with Crippen LogP contribution in [-0.4, -0.2) is 47.8 Å². The Morgan fingerprint density at radius 1 is 1.03 bits per heavy atom. The number of amides is 1. The number of likely N-dealkylation sites (tertiary alicyclic amines) is 1. The molecule has 1 amide bonds. The second-order valence-corrected chi connectivity index (χ2v) is 8.21. The van der Waals surface area contributed by atoms with E-state index in [1.54, 1.807) is 5.01 Å². The van der Waals surface area contributed by atoms with Crippen molar-refractivity contribution in [3.8, 4) is 5.75 Å². The molecular weight excluding hydrogens is 374 g/mol. The molecule has 1 atom stereocenters. The van der Waals surface area contributed by atoms with Gasteiger partial charge in [-0.1, -0.05) is 48.4 Å². The Hall–Kier alpha value is -2.66. The van der Waals surface area contributed by atoms with E-state index in [0.29, 0.717) is 13.2 Å². The molecule has 5 nitrogen and oxygen atoms in total. The minimum atomic E-state index is -0.0747. The van der Waals surface area contributed by atoms with E-state index in [1.807, 2.05) is 19.1 Å². The van der Waals surface area contributed by atoms with E-state index in [9.17, 15) is 4.79 Å². The predicted molar refractivity (Wildman–Crippen MR) is 120 cm³/mol. The number of hydrazone groups is 1. The van der Waals surface area contributed by atoms with Crippen LogP contribution in [-0.2, 0) is 4.79 Å². The van der Waals surface area contributed by atoms with Crippen LogP contribution in [0.15, 0.2) is 53.6 Å². The monoisotopic (exact) mass is 405 g/mol. The molecule has 0 saturated carbocycles. The molecule has 30 heavy (non-hydrogen) atoms. The summed E-state index contributed by atoms with van der Waals surface area (Å²) < 4.78 is 5.58. The summed E-state index contributed by atoms with van der Waals surface area (Å²) in [5, 5.41) is 6.53. The molecule has 0 radical (unpaired) electrons. The Morgan fingerprint density at radius 2 is 1.73 bits per heavy atom. The van der Waals surface area contributed by atoms with Gasteiger partial charge in [-0.15, -0.1) is 0 Å². The average molecular weight is 406 g/mol.